The van der Waals surface area contributed by atoms with Gasteiger partial charge in [0, 0.05) is 17.8 Å². The number of aromatic hydroxyl groups is 1. The number of unbranched alkanes of at least 4 members (excludes halogenated alkanes) is 2. The summed E-state index contributed by atoms with van der Waals surface area (Å²) in [6.07, 6.45) is 5.12. The molecule has 3 rings (SSSR count). The fourth-order valence-electron chi connectivity index (χ4n) is 3.09. The molecule has 0 saturated carbocycles. The molecule has 7 nitrogen and oxygen atoms in total. The summed E-state index contributed by atoms with van der Waals surface area (Å²) >= 11 is 0. The van der Waals surface area contributed by atoms with Gasteiger partial charge < -0.3 is 19.7 Å². The predicted molar refractivity (Wildman–Crippen MR) is 113 cm³/mol. The van der Waals surface area contributed by atoms with Crippen molar-refractivity contribution in [2.24, 2.45) is 0 Å². The van der Waals surface area contributed by atoms with Crippen LogP contribution in [0.4, 0.5) is 0 Å². The largest absolute Gasteiger partial charge is 0.507 e. The highest BCUT2D eigenvalue weighted by Crippen LogP contribution is 2.34. The number of aromatic amines is 1. The number of rotatable bonds is 11. The molecule has 7 heteroatoms. The molecular weight excluding hydrogens is 384 g/mol. The molecule has 0 fully saturated rings. The number of nitrogens with one attached hydrogen (secondary N) is 1. The Labute approximate surface area is 175 Å². The van der Waals surface area contributed by atoms with E-state index in [1.54, 1.807) is 24.4 Å². The Morgan fingerprint density at radius 3 is 2.40 bits per heavy atom. The average Bonchev–Trinajstić information content (AvgIpc) is 3.28. The molecule has 0 unspecified atom stereocenters. The molecule has 0 saturated heterocycles. The van der Waals surface area contributed by atoms with E-state index in [0.717, 1.165) is 36.9 Å². The lowest BCUT2D eigenvalue weighted by Crippen LogP contribution is -2.03. The molecule has 0 aliphatic heterocycles. The van der Waals surface area contributed by atoms with Gasteiger partial charge >= 0.3 is 5.97 Å². The number of H-pyrrole nitrogens is 1. The maximum atomic E-state index is 10.8. The van der Waals surface area contributed by atoms with E-state index in [1.807, 2.05) is 12.1 Å². The second kappa shape index (κ2) is 10.3. The SMILES string of the molecule is CCc1cc(-c2ccn[nH]2)c(O)cc1OCCCCCOc1ccc(C(=O)O)cc1. The lowest BCUT2D eigenvalue weighted by molar-refractivity contribution is 0.0697. The molecule has 0 aliphatic carbocycles. The minimum Gasteiger partial charge on any atom is -0.507 e. The first-order chi connectivity index (χ1) is 14.6. The lowest BCUT2D eigenvalue weighted by Gasteiger charge is -2.13. The van der Waals surface area contributed by atoms with E-state index in [9.17, 15) is 9.90 Å². The predicted octanol–water partition coefficient (Wildman–Crippen LogP) is 4.67. The van der Waals surface area contributed by atoms with Crippen molar-refractivity contribution in [2.75, 3.05) is 13.2 Å². The standard InChI is InChI=1S/C23H26N2O5/c1-2-16-14-19(20-10-11-24-25-20)21(26)15-22(16)30-13-5-3-4-12-29-18-8-6-17(7-9-18)23(27)28/h6-11,14-15,26H,2-5,12-13H2,1H3,(H,24,25)(H,27,28). The number of ether oxygens (including phenoxy) is 2. The number of carboxylic acid groups (broad SMARTS) is 1. The number of aryl methyl sites for hydroxylation is 1. The molecule has 0 spiro atoms. The zero-order valence-corrected chi connectivity index (χ0v) is 16.9. The van der Waals surface area contributed by atoms with Crippen LogP contribution in [0.5, 0.6) is 17.2 Å². The van der Waals surface area contributed by atoms with E-state index in [2.05, 4.69) is 17.1 Å². The summed E-state index contributed by atoms with van der Waals surface area (Å²) in [6, 6.07) is 11.8. The van der Waals surface area contributed by atoms with Crippen molar-refractivity contribution in [3.05, 3.63) is 59.8 Å². The average molecular weight is 410 g/mol. The highest BCUT2D eigenvalue weighted by atomic mass is 16.5. The van der Waals surface area contributed by atoms with Gasteiger partial charge in [-0.25, -0.2) is 4.79 Å². The maximum Gasteiger partial charge on any atom is 0.335 e. The molecule has 3 aromatic rings. The molecule has 3 N–H and O–H groups in total. The van der Waals surface area contributed by atoms with Crippen LogP contribution in [0, 0.1) is 0 Å². The summed E-state index contributed by atoms with van der Waals surface area (Å²) < 4.78 is 11.5. The number of nitrogens with zero attached hydrogens (tertiary/aromatic N) is 1. The van der Waals surface area contributed by atoms with Gasteiger partial charge in [0.25, 0.3) is 0 Å². The quantitative estimate of drug-likeness (QED) is 0.397. The fourth-order valence-corrected chi connectivity index (χ4v) is 3.09. The fraction of sp³-hybridized carbons (Fsp3) is 0.304. The Kier molecular flexibility index (Phi) is 7.32. The summed E-state index contributed by atoms with van der Waals surface area (Å²) in [4.78, 5) is 10.8. The Bertz CT molecular complexity index is 952. The highest BCUT2D eigenvalue weighted by Gasteiger charge is 2.12. The van der Waals surface area contributed by atoms with Gasteiger partial charge in [-0.3, -0.25) is 5.10 Å². The van der Waals surface area contributed by atoms with Crippen molar-refractivity contribution in [1.82, 2.24) is 10.2 Å². The number of hydrogen-bond acceptors (Lipinski definition) is 5. The van der Waals surface area contributed by atoms with Gasteiger partial charge in [-0.15, -0.1) is 0 Å². The van der Waals surface area contributed by atoms with Gasteiger partial charge in [-0.2, -0.15) is 5.10 Å². The van der Waals surface area contributed by atoms with Gasteiger partial charge in [0.05, 0.1) is 24.5 Å². The van der Waals surface area contributed by atoms with Crippen LogP contribution >= 0.6 is 0 Å². The van der Waals surface area contributed by atoms with Gasteiger partial charge in [-0.1, -0.05) is 6.92 Å². The minimum atomic E-state index is -0.947. The van der Waals surface area contributed by atoms with Crippen molar-refractivity contribution in [2.45, 2.75) is 32.6 Å². The van der Waals surface area contributed by atoms with Crippen LogP contribution in [0.2, 0.25) is 0 Å². The normalized spacial score (nSPS) is 10.7. The number of hydrogen-bond donors (Lipinski definition) is 3. The smallest absolute Gasteiger partial charge is 0.335 e. The van der Waals surface area contributed by atoms with E-state index < -0.39 is 5.97 Å². The summed E-state index contributed by atoms with van der Waals surface area (Å²) in [7, 11) is 0. The molecule has 0 amide bonds. The second-order valence-electron chi connectivity index (χ2n) is 6.89. The van der Waals surface area contributed by atoms with Gasteiger partial charge in [0.2, 0.25) is 0 Å². The van der Waals surface area contributed by atoms with E-state index in [0.29, 0.717) is 30.3 Å². The zero-order chi connectivity index (χ0) is 21.3. The Morgan fingerprint density at radius 2 is 1.77 bits per heavy atom. The number of aromatic carboxylic acids is 1. The number of phenols is 1. The van der Waals surface area contributed by atoms with Crippen LogP contribution in [-0.2, 0) is 6.42 Å². The number of benzene rings is 2. The number of carboxylic acids is 1. The number of aromatic nitrogens is 2. The Balaban J connectivity index is 1.41. The van der Waals surface area contributed by atoms with Crippen molar-refractivity contribution in [3.63, 3.8) is 0 Å². The van der Waals surface area contributed by atoms with Gasteiger partial charge in [0.1, 0.15) is 17.2 Å². The van der Waals surface area contributed by atoms with Crippen LogP contribution in [0.15, 0.2) is 48.7 Å². The van der Waals surface area contributed by atoms with Gasteiger partial charge in [-0.05, 0) is 67.6 Å². The first kappa shape index (κ1) is 21.2. The lowest BCUT2D eigenvalue weighted by atomic mass is 10.0. The molecule has 30 heavy (non-hydrogen) atoms. The molecule has 1 aromatic heterocycles. The third-order valence-electron chi connectivity index (χ3n) is 4.77. The molecule has 158 valence electrons. The molecule has 2 aromatic carbocycles. The third-order valence-corrected chi connectivity index (χ3v) is 4.77. The summed E-state index contributed by atoms with van der Waals surface area (Å²) in [5.41, 5.74) is 2.76. The number of phenolic OH excluding ortho intramolecular Hbond substituents is 1. The minimum absolute atomic E-state index is 0.161. The van der Waals surface area contributed by atoms with Crippen LogP contribution in [0.3, 0.4) is 0 Å². The second-order valence-corrected chi connectivity index (χ2v) is 6.89. The van der Waals surface area contributed by atoms with Crippen molar-refractivity contribution < 1.29 is 24.5 Å². The highest BCUT2D eigenvalue weighted by molar-refractivity contribution is 5.87. The van der Waals surface area contributed by atoms with Gasteiger partial charge in [0.15, 0.2) is 0 Å². The zero-order valence-electron chi connectivity index (χ0n) is 16.9. The molecule has 0 bridgehead atoms. The first-order valence-corrected chi connectivity index (χ1v) is 10.0. The molecular formula is C23H26N2O5. The van der Waals surface area contributed by atoms with Crippen molar-refractivity contribution in [1.29, 1.82) is 0 Å². The monoisotopic (exact) mass is 410 g/mol. The maximum absolute atomic E-state index is 10.8. The van der Waals surface area contributed by atoms with Crippen molar-refractivity contribution in [3.8, 4) is 28.5 Å². The molecule has 0 aliphatic rings. The van der Waals surface area contributed by atoms with E-state index in [-0.39, 0.29) is 11.3 Å². The van der Waals surface area contributed by atoms with E-state index >= 15 is 0 Å². The molecule has 0 atom stereocenters. The van der Waals surface area contributed by atoms with Crippen LogP contribution in [0.25, 0.3) is 11.3 Å². The summed E-state index contributed by atoms with van der Waals surface area (Å²) in [6.45, 7) is 3.17. The Hall–Kier alpha value is -3.48. The first-order valence-electron chi connectivity index (χ1n) is 10.0. The molecule has 1 heterocycles. The third kappa shape index (κ3) is 5.53. The van der Waals surface area contributed by atoms with E-state index in [1.165, 1.54) is 12.1 Å². The summed E-state index contributed by atoms with van der Waals surface area (Å²) in [5, 5.41) is 26.0. The number of carbonyl (C=O) groups is 1. The van der Waals surface area contributed by atoms with Crippen LogP contribution < -0.4 is 9.47 Å². The van der Waals surface area contributed by atoms with E-state index in [4.69, 9.17) is 14.6 Å². The summed E-state index contributed by atoms with van der Waals surface area (Å²) in [5.74, 6) is 0.579. The topological polar surface area (TPSA) is 105 Å². The van der Waals surface area contributed by atoms with Crippen molar-refractivity contribution >= 4 is 5.97 Å². The molecule has 0 radical (unpaired) electrons. The Morgan fingerprint density at radius 1 is 1.03 bits per heavy atom. The van der Waals surface area contributed by atoms with Crippen LogP contribution in [-0.4, -0.2) is 39.6 Å². The van der Waals surface area contributed by atoms with Crippen LogP contribution in [0.1, 0.15) is 42.1 Å².